The monoisotopic (exact) mass is 330 g/mol. The van der Waals surface area contributed by atoms with Crippen LogP contribution in [0.3, 0.4) is 0 Å². The van der Waals surface area contributed by atoms with E-state index in [1.807, 2.05) is 42.7 Å². The third-order valence-corrected chi connectivity index (χ3v) is 4.87. The predicted molar refractivity (Wildman–Crippen MR) is 99.4 cm³/mol. The van der Waals surface area contributed by atoms with Crippen LogP contribution in [0.5, 0.6) is 0 Å². The third-order valence-electron chi connectivity index (χ3n) is 4.87. The van der Waals surface area contributed by atoms with Crippen molar-refractivity contribution < 1.29 is 0 Å². The topological polar surface area (TPSA) is 72.9 Å². The molecule has 1 unspecified atom stereocenters. The van der Waals surface area contributed by atoms with Crippen molar-refractivity contribution in [2.24, 2.45) is 0 Å². The molecule has 1 aliphatic rings. The molecular formula is C19H18N6. The Balaban J connectivity index is 1.72. The summed E-state index contributed by atoms with van der Waals surface area (Å²) in [7, 11) is 0. The molecule has 4 aromatic rings. The zero-order chi connectivity index (χ0) is 17.0. The molecular weight excluding hydrogens is 312 g/mol. The molecule has 25 heavy (non-hydrogen) atoms. The lowest BCUT2D eigenvalue weighted by Gasteiger charge is -2.16. The number of rotatable bonds is 2. The van der Waals surface area contributed by atoms with E-state index >= 15 is 0 Å². The van der Waals surface area contributed by atoms with E-state index in [9.17, 15) is 0 Å². The Bertz CT molecular complexity index is 1090. The standard InChI is InChI=1S/C19H18N6/c1-12-10-24(11-13-6-8-21-9-7-13)19-23-16-17(25(12)19)14-4-2-3-5-15(14)22-18(16)20/h2-9,12H,10-11H2,1H3,(H2,20,22). The number of benzene rings is 1. The summed E-state index contributed by atoms with van der Waals surface area (Å²) < 4.78 is 2.30. The van der Waals surface area contributed by atoms with Crippen LogP contribution < -0.4 is 10.6 Å². The van der Waals surface area contributed by atoms with Crippen molar-refractivity contribution in [2.45, 2.75) is 19.5 Å². The van der Waals surface area contributed by atoms with Gasteiger partial charge in [-0.25, -0.2) is 9.97 Å². The normalized spacial score (nSPS) is 16.7. The first-order valence-corrected chi connectivity index (χ1v) is 8.42. The highest BCUT2D eigenvalue weighted by Crippen LogP contribution is 2.38. The molecule has 0 bridgehead atoms. The lowest BCUT2D eigenvalue weighted by atomic mass is 10.1. The van der Waals surface area contributed by atoms with E-state index in [2.05, 4.69) is 32.4 Å². The molecule has 5 rings (SSSR count). The summed E-state index contributed by atoms with van der Waals surface area (Å²) in [5.74, 6) is 1.45. The van der Waals surface area contributed by atoms with Gasteiger partial charge < -0.3 is 15.2 Å². The average Bonchev–Trinajstić information content (AvgIpc) is 3.16. The van der Waals surface area contributed by atoms with E-state index in [0.717, 1.165) is 41.0 Å². The van der Waals surface area contributed by atoms with E-state index in [4.69, 9.17) is 10.7 Å². The second-order valence-electron chi connectivity index (χ2n) is 6.58. The number of anilines is 2. The number of para-hydroxylation sites is 1. The quantitative estimate of drug-likeness (QED) is 0.611. The molecule has 1 aliphatic heterocycles. The smallest absolute Gasteiger partial charge is 0.207 e. The molecule has 6 heteroatoms. The number of hydrogen-bond acceptors (Lipinski definition) is 5. The second kappa shape index (κ2) is 5.17. The Morgan fingerprint density at radius 1 is 1.12 bits per heavy atom. The van der Waals surface area contributed by atoms with Crippen molar-refractivity contribution in [3.05, 3.63) is 54.4 Å². The van der Waals surface area contributed by atoms with E-state index in [1.54, 1.807) is 0 Å². The third kappa shape index (κ3) is 2.07. The van der Waals surface area contributed by atoms with Gasteiger partial charge in [-0.2, -0.15) is 0 Å². The first-order valence-electron chi connectivity index (χ1n) is 8.42. The van der Waals surface area contributed by atoms with Crippen molar-refractivity contribution in [1.29, 1.82) is 0 Å². The molecule has 6 nitrogen and oxygen atoms in total. The van der Waals surface area contributed by atoms with Crippen LogP contribution in [0.2, 0.25) is 0 Å². The molecule has 4 heterocycles. The Morgan fingerprint density at radius 2 is 1.92 bits per heavy atom. The van der Waals surface area contributed by atoms with Crippen LogP contribution in [0, 0.1) is 0 Å². The van der Waals surface area contributed by atoms with Crippen molar-refractivity contribution in [3.8, 4) is 0 Å². The van der Waals surface area contributed by atoms with E-state index < -0.39 is 0 Å². The minimum absolute atomic E-state index is 0.326. The Morgan fingerprint density at radius 3 is 2.76 bits per heavy atom. The second-order valence-corrected chi connectivity index (χ2v) is 6.58. The summed E-state index contributed by atoms with van der Waals surface area (Å²) in [5.41, 5.74) is 10.2. The first kappa shape index (κ1) is 14.2. The lowest BCUT2D eigenvalue weighted by molar-refractivity contribution is 0.627. The minimum atomic E-state index is 0.326. The highest BCUT2D eigenvalue weighted by atomic mass is 15.4. The molecule has 0 saturated heterocycles. The average molecular weight is 330 g/mol. The zero-order valence-electron chi connectivity index (χ0n) is 13.9. The maximum atomic E-state index is 6.21. The van der Waals surface area contributed by atoms with Gasteiger partial charge in [0.2, 0.25) is 5.95 Å². The van der Waals surface area contributed by atoms with Gasteiger partial charge in [0.1, 0.15) is 5.52 Å². The molecule has 0 spiro atoms. The van der Waals surface area contributed by atoms with Crippen molar-refractivity contribution >= 4 is 33.7 Å². The van der Waals surface area contributed by atoms with Crippen molar-refractivity contribution in [1.82, 2.24) is 19.5 Å². The van der Waals surface area contributed by atoms with E-state index in [0.29, 0.717) is 11.9 Å². The fourth-order valence-corrected chi connectivity index (χ4v) is 3.78. The molecule has 0 aliphatic carbocycles. The van der Waals surface area contributed by atoms with Crippen LogP contribution in [-0.4, -0.2) is 26.1 Å². The summed E-state index contributed by atoms with van der Waals surface area (Å²) in [5, 5.41) is 1.10. The first-order chi connectivity index (χ1) is 12.2. The number of nitrogens with two attached hydrogens (primary N) is 1. The van der Waals surface area contributed by atoms with Gasteiger partial charge >= 0.3 is 0 Å². The zero-order valence-corrected chi connectivity index (χ0v) is 13.9. The summed E-state index contributed by atoms with van der Waals surface area (Å²) >= 11 is 0. The Kier molecular flexibility index (Phi) is 2.94. The SMILES string of the molecule is CC1CN(Cc2ccncc2)c2nc3c(N)nc4ccccc4c3n21. The van der Waals surface area contributed by atoms with Crippen LogP contribution in [0.4, 0.5) is 11.8 Å². The molecule has 0 fully saturated rings. The Labute approximate surface area is 144 Å². The largest absolute Gasteiger partial charge is 0.382 e. The van der Waals surface area contributed by atoms with Gasteiger partial charge in [0.25, 0.3) is 0 Å². The van der Waals surface area contributed by atoms with Gasteiger partial charge in [0.15, 0.2) is 5.82 Å². The summed E-state index contributed by atoms with van der Waals surface area (Å²) in [6.07, 6.45) is 3.65. The molecule has 1 atom stereocenters. The van der Waals surface area contributed by atoms with Crippen LogP contribution >= 0.6 is 0 Å². The number of aromatic nitrogens is 4. The fourth-order valence-electron chi connectivity index (χ4n) is 3.78. The molecule has 3 aromatic heterocycles. The maximum Gasteiger partial charge on any atom is 0.207 e. The summed E-state index contributed by atoms with van der Waals surface area (Å²) in [6.45, 7) is 3.96. The molecule has 2 N–H and O–H groups in total. The number of nitrogen functional groups attached to an aromatic ring is 1. The number of imidazole rings is 1. The highest BCUT2D eigenvalue weighted by molar-refractivity contribution is 6.07. The summed E-state index contributed by atoms with van der Waals surface area (Å²) in [4.78, 5) is 15.8. The molecule has 124 valence electrons. The van der Waals surface area contributed by atoms with Gasteiger partial charge in [-0.1, -0.05) is 18.2 Å². The molecule has 0 saturated carbocycles. The van der Waals surface area contributed by atoms with Crippen molar-refractivity contribution in [2.75, 3.05) is 17.2 Å². The van der Waals surface area contributed by atoms with Crippen LogP contribution in [0.15, 0.2) is 48.8 Å². The van der Waals surface area contributed by atoms with Gasteiger partial charge in [0, 0.05) is 30.9 Å². The molecule has 0 amide bonds. The summed E-state index contributed by atoms with van der Waals surface area (Å²) in [6, 6.07) is 12.5. The van der Waals surface area contributed by atoms with E-state index in [1.165, 1.54) is 5.56 Å². The van der Waals surface area contributed by atoms with Gasteiger partial charge in [-0.3, -0.25) is 4.98 Å². The van der Waals surface area contributed by atoms with Crippen molar-refractivity contribution in [3.63, 3.8) is 0 Å². The van der Waals surface area contributed by atoms with Gasteiger partial charge in [-0.05, 0) is 30.7 Å². The highest BCUT2D eigenvalue weighted by Gasteiger charge is 2.30. The van der Waals surface area contributed by atoms with Crippen LogP contribution in [0.25, 0.3) is 21.9 Å². The molecule has 1 aromatic carbocycles. The Hall–Kier alpha value is -3.15. The van der Waals surface area contributed by atoms with Gasteiger partial charge in [-0.15, -0.1) is 0 Å². The van der Waals surface area contributed by atoms with Gasteiger partial charge in [0.05, 0.1) is 17.1 Å². The number of fused-ring (bicyclic) bond motifs is 5. The maximum absolute atomic E-state index is 6.21. The fraction of sp³-hybridized carbons (Fsp3) is 0.211. The number of hydrogen-bond donors (Lipinski definition) is 1. The number of pyridine rings is 2. The molecule has 0 radical (unpaired) electrons. The predicted octanol–water partition coefficient (Wildman–Crippen LogP) is 3.14. The lowest BCUT2D eigenvalue weighted by Crippen LogP contribution is -2.21. The van der Waals surface area contributed by atoms with Crippen LogP contribution in [0.1, 0.15) is 18.5 Å². The van der Waals surface area contributed by atoms with E-state index in [-0.39, 0.29) is 0 Å². The van der Waals surface area contributed by atoms with Crippen LogP contribution in [-0.2, 0) is 6.54 Å². The minimum Gasteiger partial charge on any atom is -0.382 e. The number of nitrogens with zero attached hydrogens (tertiary/aromatic N) is 5.